The number of halogens is 2. The van der Waals surface area contributed by atoms with E-state index in [2.05, 4.69) is 0 Å². The van der Waals surface area contributed by atoms with E-state index in [0.29, 0.717) is 6.42 Å². The highest BCUT2D eigenvalue weighted by Gasteiger charge is 2.52. The summed E-state index contributed by atoms with van der Waals surface area (Å²) in [6.45, 7) is 0.194. The van der Waals surface area contributed by atoms with Gasteiger partial charge in [-0.2, -0.15) is 0 Å². The maximum Gasteiger partial charge on any atom is 0.340 e. The Balaban J connectivity index is 2.28. The lowest BCUT2D eigenvalue weighted by Gasteiger charge is -2.42. The fourth-order valence-electron chi connectivity index (χ4n) is 1.74. The maximum absolute atomic E-state index is 11.4. The molecule has 0 saturated carbocycles. The summed E-state index contributed by atoms with van der Waals surface area (Å²) in [6, 6.07) is -0.0339. The number of fused-ring (bicyclic) bond motifs is 1. The van der Waals surface area contributed by atoms with Crippen LogP contribution in [0.25, 0.3) is 0 Å². The SMILES string of the molecule is O=C1OCC[C@]2(O)C1=CO[C@@H](OCCl)[C@@H]2I. The zero-order chi connectivity index (χ0) is 11.8. The third kappa shape index (κ3) is 1.92. The quantitative estimate of drug-likeness (QED) is 0.451. The fraction of sp³-hybridized carbons (Fsp3) is 0.667. The first-order valence-electron chi connectivity index (χ1n) is 4.67. The van der Waals surface area contributed by atoms with Gasteiger partial charge in [0.15, 0.2) is 0 Å². The molecule has 2 rings (SSSR count). The Hall–Kier alpha value is -0.0500. The molecule has 1 saturated heterocycles. The third-order valence-corrected chi connectivity index (χ3v) is 4.39. The molecule has 0 aliphatic carbocycles. The highest BCUT2D eigenvalue weighted by Crippen LogP contribution is 2.40. The first kappa shape index (κ1) is 12.4. The molecule has 0 aromatic carbocycles. The van der Waals surface area contributed by atoms with Gasteiger partial charge in [-0.3, -0.25) is 0 Å². The molecule has 0 radical (unpaired) electrons. The molecule has 5 nitrogen and oxygen atoms in total. The number of carbonyl (C=O) groups is 1. The van der Waals surface area contributed by atoms with Gasteiger partial charge in [-0.05, 0) is 0 Å². The highest BCUT2D eigenvalue weighted by molar-refractivity contribution is 14.1. The topological polar surface area (TPSA) is 65.0 Å². The van der Waals surface area contributed by atoms with Gasteiger partial charge in [0.25, 0.3) is 0 Å². The summed E-state index contributed by atoms with van der Waals surface area (Å²) in [6.07, 6.45) is 0.884. The van der Waals surface area contributed by atoms with Crippen LogP contribution in [0.15, 0.2) is 11.8 Å². The van der Waals surface area contributed by atoms with Crippen LogP contribution in [0.4, 0.5) is 0 Å². The van der Waals surface area contributed by atoms with Gasteiger partial charge in [0.2, 0.25) is 6.29 Å². The second-order valence-corrected chi connectivity index (χ2v) is 5.08. The molecule has 2 aliphatic heterocycles. The van der Waals surface area contributed by atoms with Gasteiger partial charge in [-0.25, -0.2) is 4.79 Å². The lowest BCUT2D eigenvalue weighted by atomic mass is 9.84. The first-order chi connectivity index (χ1) is 7.59. The van der Waals surface area contributed by atoms with Gasteiger partial charge in [-0.1, -0.05) is 34.2 Å². The molecule has 7 heteroatoms. The van der Waals surface area contributed by atoms with Crippen molar-refractivity contribution >= 4 is 40.2 Å². The Kier molecular flexibility index (Phi) is 3.62. The van der Waals surface area contributed by atoms with Gasteiger partial charge in [0, 0.05) is 6.42 Å². The number of esters is 1. The van der Waals surface area contributed by atoms with Gasteiger partial charge in [0.05, 0.1) is 12.9 Å². The number of alkyl halides is 2. The molecule has 0 bridgehead atoms. The summed E-state index contributed by atoms with van der Waals surface area (Å²) >= 11 is 7.45. The Morgan fingerprint density at radius 3 is 3.19 bits per heavy atom. The van der Waals surface area contributed by atoms with E-state index in [1.807, 2.05) is 22.6 Å². The second kappa shape index (κ2) is 4.67. The van der Waals surface area contributed by atoms with Crippen LogP contribution >= 0.6 is 34.2 Å². The molecule has 0 aromatic rings. The van der Waals surface area contributed by atoms with E-state index >= 15 is 0 Å². The lowest BCUT2D eigenvalue weighted by Crippen LogP contribution is -2.55. The molecule has 0 spiro atoms. The average Bonchev–Trinajstić information content (AvgIpc) is 2.24. The molecule has 0 aromatic heterocycles. The number of aliphatic hydroxyl groups is 1. The van der Waals surface area contributed by atoms with Crippen LogP contribution < -0.4 is 0 Å². The minimum absolute atomic E-state index is 0.0339. The molecular weight excluding hydrogens is 350 g/mol. The second-order valence-electron chi connectivity index (χ2n) is 3.52. The van der Waals surface area contributed by atoms with Crippen molar-refractivity contribution in [3.63, 3.8) is 0 Å². The summed E-state index contributed by atoms with van der Waals surface area (Å²) < 4.78 is 14.8. The summed E-state index contributed by atoms with van der Waals surface area (Å²) in [5.74, 6) is -0.542. The summed E-state index contributed by atoms with van der Waals surface area (Å²) in [4.78, 5) is 11.4. The lowest BCUT2D eigenvalue weighted by molar-refractivity contribution is -0.166. The molecule has 90 valence electrons. The van der Waals surface area contributed by atoms with E-state index < -0.39 is 21.8 Å². The number of rotatable bonds is 2. The average molecular weight is 361 g/mol. The molecule has 2 aliphatic rings. The number of ether oxygens (including phenoxy) is 3. The van der Waals surface area contributed by atoms with E-state index in [0.717, 1.165) is 0 Å². The van der Waals surface area contributed by atoms with Crippen LogP contribution in [0.1, 0.15) is 6.42 Å². The standard InChI is InChI=1S/C9H10ClIO5/c10-4-16-8-6(11)9(13)1-2-14-7(12)5(9)3-15-8/h3,6,8,13H,1-2,4H2/t6-,8-,9-/m0/s1. The van der Waals surface area contributed by atoms with Gasteiger partial charge >= 0.3 is 5.97 Å². The van der Waals surface area contributed by atoms with Crippen LogP contribution in [0.3, 0.4) is 0 Å². The molecule has 0 amide bonds. The van der Waals surface area contributed by atoms with Crippen LogP contribution in [-0.2, 0) is 19.0 Å². The number of hydrogen-bond acceptors (Lipinski definition) is 5. The fourth-order valence-corrected chi connectivity index (χ4v) is 2.89. The molecule has 0 unspecified atom stereocenters. The Labute approximate surface area is 111 Å². The van der Waals surface area contributed by atoms with Crippen molar-refractivity contribution in [3.05, 3.63) is 11.8 Å². The largest absolute Gasteiger partial charge is 0.471 e. The minimum Gasteiger partial charge on any atom is -0.471 e. The zero-order valence-corrected chi connectivity index (χ0v) is 11.1. The van der Waals surface area contributed by atoms with Crippen LogP contribution in [0, 0.1) is 0 Å². The van der Waals surface area contributed by atoms with Crippen molar-refractivity contribution in [2.24, 2.45) is 0 Å². The maximum atomic E-state index is 11.4. The van der Waals surface area contributed by atoms with E-state index in [1.165, 1.54) is 6.26 Å². The van der Waals surface area contributed by atoms with Gasteiger partial charge in [0.1, 0.15) is 21.2 Å². The number of cyclic esters (lactones) is 1. The molecule has 2 heterocycles. The van der Waals surface area contributed by atoms with Crippen molar-refractivity contribution < 1.29 is 24.1 Å². The molecule has 3 atom stereocenters. The molecule has 16 heavy (non-hydrogen) atoms. The summed E-state index contributed by atoms with van der Waals surface area (Å²) in [5, 5.41) is 10.4. The van der Waals surface area contributed by atoms with E-state index in [4.69, 9.17) is 25.8 Å². The predicted octanol–water partition coefficient (Wildman–Crippen LogP) is 0.921. The van der Waals surface area contributed by atoms with Crippen molar-refractivity contribution in [1.29, 1.82) is 0 Å². The van der Waals surface area contributed by atoms with Gasteiger partial charge < -0.3 is 19.3 Å². The van der Waals surface area contributed by atoms with Crippen molar-refractivity contribution in [1.82, 2.24) is 0 Å². The Morgan fingerprint density at radius 2 is 2.50 bits per heavy atom. The van der Waals surface area contributed by atoms with Crippen molar-refractivity contribution in [2.45, 2.75) is 22.2 Å². The molecule has 1 fully saturated rings. The predicted molar refractivity (Wildman–Crippen MR) is 63.1 cm³/mol. The third-order valence-electron chi connectivity index (χ3n) is 2.65. The first-order valence-corrected chi connectivity index (χ1v) is 6.45. The smallest absolute Gasteiger partial charge is 0.340 e. The normalized spacial score (nSPS) is 38.2. The Morgan fingerprint density at radius 1 is 1.75 bits per heavy atom. The van der Waals surface area contributed by atoms with Crippen LogP contribution in [-0.4, -0.2) is 39.6 Å². The van der Waals surface area contributed by atoms with Crippen molar-refractivity contribution in [2.75, 3.05) is 12.7 Å². The zero-order valence-electron chi connectivity index (χ0n) is 8.19. The van der Waals surface area contributed by atoms with E-state index in [1.54, 1.807) is 0 Å². The molecule has 1 N–H and O–H groups in total. The summed E-state index contributed by atoms with van der Waals surface area (Å²) in [5.41, 5.74) is -1.11. The van der Waals surface area contributed by atoms with E-state index in [9.17, 15) is 9.90 Å². The summed E-state index contributed by atoms with van der Waals surface area (Å²) in [7, 11) is 0. The van der Waals surface area contributed by atoms with Crippen LogP contribution in [0.5, 0.6) is 0 Å². The highest BCUT2D eigenvalue weighted by atomic mass is 127. The number of carbonyl (C=O) groups excluding carboxylic acids is 1. The van der Waals surface area contributed by atoms with Gasteiger partial charge in [-0.15, -0.1) is 0 Å². The van der Waals surface area contributed by atoms with Crippen molar-refractivity contribution in [3.8, 4) is 0 Å². The Bertz CT molecular complexity index is 334. The molecular formula is C9H10ClIO5. The number of hydrogen-bond donors (Lipinski definition) is 1. The monoisotopic (exact) mass is 360 g/mol. The minimum atomic E-state index is -1.26. The van der Waals surface area contributed by atoms with Crippen LogP contribution in [0.2, 0.25) is 0 Å². The van der Waals surface area contributed by atoms with E-state index in [-0.39, 0.29) is 18.2 Å².